The molecule has 1 N–H and O–H groups in total. The first-order chi connectivity index (χ1) is 7.35. The largest absolute Gasteiger partial charge is 0.390 e. The Morgan fingerprint density at radius 2 is 1.75 bits per heavy atom. The fourth-order valence-corrected chi connectivity index (χ4v) is 5.17. The van der Waals surface area contributed by atoms with Gasteiger partial charge in [0.2, 0.25) is 0 Å². The van der Waals surface area contributed by atoms with Gasteiger partial charge in [-0.05, 0) is 61.2 Å². The summed E-state index contributed by atoms with van der Waals surface area (Å²) in [6.07, 6.45) is 8.70. The first-order valence-electron chi connectivity index (χ1n) is 7.07. The van der Waals surface area contributed by atoms with Gasteiger partial charge in [-0.15, -0.1) is 0 Å². The van der Waals surface area contributed by atoms with Crippen molar-refractivity contribution in [2.24, 2.45) is 22.7 Å². The Bertz CT molecular complexity index is 309. The van der Waals surface area contributed by atoms with Gasteiger partial charge in [0.25, 0.3) is 0 Å². The maximum atomic E-state index is 11.0. The van der Waals surface area contributed by atoms with E-state index in [0.717, 1.165) is 18.8 Å². The molecule has 3 aliphatic rings. The van der Waals surface area contributed by atoms with E-state index < -0.39 is 0 Å². The highest BCUT2D eigenvalue weighted by atomic mass is 16.3. The molecule has 0 aromatic rings. The zero-order valence-corrected chi connectivity index (χ0v) is 11.1. The van der Waals surface area contributed by atoms with Crippen molar-refractivity contribution in [3.8, 4) is 0 Å². The highest BCUT2D eigenvalue weighted by Crippen LogP contribution is 2.64. The van der Waals surface area contributed by atoms with Crippen molar-refractivity contribution in [2.75, 3.05) is 0 Å². The molecule has 0 spiro atoms. The third-order valence-electron chi connectivity index (χ3n) is 6.11. The van der Waals surface area contributed by atoms with Crippen LogP contribution in [-0.2, 0) is 0 Å². The minimum atomic E-state index is -0.302. The van der Waals surface area contributed by atoms with E-state index in [1.165, 1.54) is 32.1 Å². The number of rotatable bonds is 0. The van der Waals surface area contributed by atoms with Crippen LogP contribution in [0, 0.1) is 22.7 Å². The molecule has 1 nitrogen and oxygen atoms in total. The Kier molecular flexibility index (Phi) is 2.11. The monoisotopic (exact) mass is 222 g/mol. The molecule has 3 aliphatic carbocycles. The maximum Gasteiger partial charge on any atom is 0.0684 e. The molecule has 0 aliphatic heterocycles. The van der Waals surface area contributed by atoms with Crippen LogP contribution in [0.4, 0.5) is 0 Å². The molecule has 0 aromatic carbocycles. The third kappa shape index (κ3) is 1.40. The first kappa shape index (κ1) is 11.1. The minimum Gasteiger partial charge on any atom is -0.390 e. The van der Waals surface area contributed by atoms with Gasteiger partial charge in [-0.2, -0.15) is 0 Å². The second-order valence-corrected chi connectivity index (χ2v) is 7.89. The molecular formula is C15H26O. The lowest BCUT2D eigenvalue weighted by Gasteiger charge is -2.58. The summed E-state index contributed by atoms with van der Waals surface area (Å²) in [6.45, 7) is 7.21. The predicted molar refractivity (Wildman–Crippen MR) is 66.1 cm³/mol. The van der Waals surface area contributed by atoms with Gasteiger partial charge < -0.3 is 5.11 Å². The Labute approximate surface area is 99.6 Å². The van der Waals surface area contributed by atoms with Crippen molar-refractivity contribution in [1.82, 2.24) is 0 Å². The van der Waals surface area contributed by atoms with Gasteiger partial charge in [-0.1, -0.05) is 27.2 Å². The second kappa shape index (κ2) is 3.04. The van der Waals surface area contributed by atoms with Crippen molar-refractivity contribution in [3.05, 3.63) is 0 Å². The van der Waals surface area contributed by atoms with Crippen LogP contribution in [0.15, 0.2) is 0 Å². The molecule has 3 fully saturated rings. The molecule has 4 atom stereocenters. The van der Waals surface area contributed by atoms with Crippen molar-refractivity contribution >= 4 is 0 Å². The van der Waals surface area contributed by atoms with Crippen molar-refractivity contribution in [2.45, 2.75) is 71.3 Å². The van der Waals surface area contributed by atoms with Gasteiger partial charge in [0.05, 0.1) is 5.60 Å². The van der Waals surface area contributed by atoms with Gasteiger partial charge in [0, 0.05) is 0 Å². The van der Waals surface area contributed by atoms with Gasteiger partial charge in [0.15, 0.2) is 0 Å². The predicted octanol–water partition coefficient (Wildman–Crippen LogP) is 3.75. The highest BCUT2D eigenvalue weighted by Gasteiger charge is 2.59. The van der Waals surface area contributed by atoms with Gasteiger partial charge in [0.1, 0.15) is 0 Å². The molecule has 0 unspecified atom stereocenters. The summed E-state index contributed by atoms with van der Waals surface area (Å²) in [7, 11) is 0. The quantitative estimate of drug-likeness (QED) is 0.662. The van der Waals surface area contributed by atoms with Gasteiger partial charge >= 0.3 is 0 Å². The molecule has 3 rings (SSSR count). The minimum absolute atomic E-state index is 0.302. The van der Waals surface area contributed by atoms with Gasteiger partial charge in [-0.25, -0.2) is 0 Å². The summed E-state index contributed by atoms with van der Waals surface area (Å²) in [6, 6.07) is 0. The third-order valence-corrected chi connectivity index (χ3v) is 6.11. The molecule has 0 radical (unpaired) electrons. The SMILES string of the molecule is CC1(C)C[C@@H]2[C@@H]1CC[C@@]1(C)CCC[C@]2(O)C1. The summed E-state index contributed by atoms with van der Waals surface area (Å²) in [5.74, 6) is 1.40. The molecule has 0 amide bonds. The Balaban J connectivity index is 1.92. The average molecular weight is 222 g/mol. The van der Waals surface area contributed by atoms with Crippen LogP contribution < -0.4 is 0 Å². The lowest BCUT2D eigenvalue weighted by Crippen LogP contribution is -2.56. The van der Waals surface area contributed by atoms with Gasteiger partial charge in [-0.3, -0.25) is 0 Å². The van der Waals surface area contributed by atoms with Crippen molar-refractivity contribution in [3.63, 3.8) is 0 Å². The topological polar surface area (TPSA) is 20.2 Å². The second-order valence-electron chi connectivity index (χ2n) is 7.89. The van der Waals surface area contributed by atoms with Crippen LogP contribution >= 0.6 is 0 Å². The van der Waals surface area contributed by atoms with E-state index in [-0.39, 0.29) is 5.60 Å². The molecule has 0 heterocycles. The molecule has 3 saturated carbocycles. The first-order valence-corrected chi connectivity index (χ1v) is 7.07. The molecule has 0 aromatic heterocycles. The van der Waals surface area contributed by atoms with E-state index in [1.807, 2.05) is 0 Å². The molecule has 0 saturated heterocycles. The lowest BCUT2D eigenvalue weighted by molar-refractivity contribution is -0.161. The summed E-state index contributed by atoms with van der Waals surface area (Å²) >= 11 is 0. The smallest absolute Gasteiger partial charge is 0.0684 e. The van der Waals surface area contributed by atoms with E-state index in [0.29, 0.717) is 16.7 Å². The van der Waals surface area contributed by atoms with E-state index in [9.17, 15) is 5.11 Å². The summed E-state index contributed by atoms with van der Waals surface area (Å²) in [5.41, 5.74) is 0.637. The van der Waals surface area contributed by atoms with Crippen LogP contribution in [-0.4, -0.2) is 10.7 Å². The molecular weight excluding hydrogens is 196 g/mol. The number of hydrogen-bond donors (Lipinski definition) is 1. The van der Waals surface area contributed by atoms with E-state index in [2.05, 4.69) is 20.8 Å². The number of fused-ring (bicyclic) bond motifs is 4. The van der Waals surface area contributed by atoms with E-state index in [1.54, 1.807) is 0 Å². The molecule has 16 heavy (non-hydrogen) atoms. The molecule has 1 heteroatoms. The zero-order valence-electron chi connectivity index (χ0n) is 11.1. The summed E-state index contributed by atoms with van der Waals surface area (Å²) < 4.78 is 0. The number of aliphatic hydroxyl groups is 1. The molecule has 92 valence electrons. The van der Waals surface area contributed by atoms with Crippen LogP contribution in [0.5, 0.6) is 0 Å². The van der Waals surface area contributed by atoms with Crippen molar-refractivity contribution in [1.29, 1.82) is 0 Å². The van der Waals surface area contributed by atoms with Crippen LogP contribution in [0.3, 0.4) is 0 Å². The normalized spacial score (nSPS) is 54.8. The fraction of sp³-hybridized carbons (Fsp3) is 1.00. The van der Waals surface area contributed by atoms with E-state index in [4.69, 9.17) is 0 Å². The number of hydrogen-bond acceptors (Lipinski definition) is 1. The Morgan fingerprint density at radius 3 is 2.44 bits per heavy atom. The standard InChI is InChI=1S/C15H26O/c1-13(2)9-12-11(13)5-8-14(3)6-4-7-15(12,16)10-14/h11-12,16H,4-10H2,1-3H3/t11-,12+,14+,15-/m0/s1. The van der Waals surface area contributed by atoms with Crippen LogP contribution in [0.2, 0.25) is 0 Å². The van der Waals surface area contributed by atoms with Crippen molar-refractivity contribution < 1.29 is 5.11 Å². The summed E-state index contributed by atoms with van der Waals surface area (Å²) in [5, 5.41) is 11.0. The lowest BCUT2D eigenvalue weighted by atomic mass is 9.49. The van der Waals surface area contributed by atoms with Crippen LogP contribution in [0.25, 0.3) is 0 Å². The Morgan fingerprint density at radius 1 is 1.00 bits per heavy atom. The molecule has 2 bridgehead atoms. The Hall–Kier alpha value is -0.0400. The fourth-order valence-electron chi connectivity index (χ4n) is 5.17. The average Bonchev–Trinajstić information content (AvgIpc) is 2.19. The highest BCUT2D eigenvalue weighted by molar-refractivity contribution is 5.10. The summed E-state index contributed by atoms with van der Waals surface area (Å²) in [4.78, 5) is 0. The van der Waals surface area contributed by atoms with E-state index >= 15 is 0 Å². The zero-order chi connectivity index (χ0) is 11.6. The maximum absolute atomic E-state index is 11.0. The van der Waals surface area contributed by atoms with Crippen LogP contribution in [0.1, 0.15) is 65.7 Å².